The molecule has 0 saturated carbocycles. The molecule has 0 fully saturated rings. The second kappa shape index (κ2) is 7.88. The number of carbonyl (C=O) groups is 2. The zero-order valence-electron chi connectivity index (χ0n) is 9.46. The maximum absolute atomic E-state index is 11.2. The van der Waals surface area contributed by atoms with Gasteiger partial charge in [0.1, 0.15) is 11.2 Å². The van der Waals surface area contributed by atoms with E-state index in [-0.39, 0.29) is 11.9 Å². The fourth-order valence-corrected chi connectivity index (χ4v) is 0.867. The van der Waals surface area contributed by atoms with Crippen LogP contribution in [0.2, 0.25) is 0 Å². The molecule has 0 spiro atoms. The van der Waals surface area contributed by atoms with Crippen LogP contribution in [0.4, 0.5) is 0 Å². The number of esters is 1. The number of carbonyl (C=O) groups excluding carboxylic acids is 4. The van der Waals surface area contributed by atoms with E-state index in [1.165, 1.54) is 0 Å². The summed E-state index contributed by atoms with van der Waals surface area (Å²) in [4.78, 5) is 38.7. The molecule has 0 aromatic carbocycles. The topological polar surface area (TPSA) is 77.5 Å². The van der Waals surface area contributed by atoms with Crippen LogP contribution >= 0.6 is 0 Å². The molecular formula is C10H16O5. The normalized spacial score (nSPS) is 9.33. The number of rotatable bonds is 4. The van der Waals surface area contributed by atoms with Crippen molar-refractivity contribution >= 4 is 17.9 Å². The van der Waals surface area contributed by atoms with Gasteiger partial charge in [-0.15, -0.1) is 0 Å². The lowest BCUT2D eigenvalue weighted by Gasteiger charge is -2.19. The molecule has 0 atom stereocenters. The van der Waals surface area contributed by atoms with E-state index in [1.54, 1.807) is 27.7 Å². The van der Waals surface area contributed by atoms with Crippen LogP contribution in [0.3, 0.4) is 0 Å². The maximum Gasteiger partial charge on any atom is 0.373 e. The first kappa shape index (κ1) is 16.0. The molecule has 0 saturated heterocycles. The van der Waals surface area contributed by atoms with Crippen LogP contribution in [0.25, 0.3) is 0 Å². The number of ketones is 1. The number of hydrogen-bond acceptors (Lipinski definition) is 5. The van der Waals surface area contributed by atoms with E-state index in [1.807, 2.05) is 0 Å². The van der Waals surface area contributed by atoms with Crippen molar-refractivity contribution in [2.75, 3.05) is 6.61 Å². The van der Waals surface area contributed by atoms with Crippen molar-refractivity contribution in [1.29, 1.82) is 0 Å². The summed E-state index contributed by atoms with van der Waals surface area (Å²) in [5.74, 6) is -0.516. The minimum Gasteiger partial charge on any atom is -0.465 e. The summed E-state index contributed by atoms with van der Waals surface area (Å²) in [5.41, 5.74) is -0.981. The standard InChI is InChI=1S/C9H16O3.CO2/c1-5-7(10)9(3,4)8(11)12-6-2;2-1-3/h5-6H2,1-4H3;. The summed E-state index contributed by atoms with van der Waals surface area (Å²) in [5, 5.41) is 0. The molecule has 0 heterocycles. The number of ether oxygens (including phenoxy) is 1. The quantitative estimate of drug-likeness (QED) is 0.517. The van der Waals surface area contributed by atoms with Crippen LogP contribution in [-0.4, -0.2) is 24.5 Å². The van der Waals surface area contributed by atoms with Crippen LogP contribution in [0.1, 0.15) is 34.1 Å². The largest absolute Gasteiger partial charge is 0.465 e. The van der Waals surface area contributed by atoms with E-state index in [4.69, 9.17) is 14.3 Å². The molecule has 15 heavy (non-hydrogen) atoms. The maximum atomic E-state index is 11.2. The lowest BCUT2D eigenvalue weighted by Crippen LogP contribution is -2.34. The van der Waals surface area contributed by atoms with E-state index in [0.717, 1.165) is 0 Å². The zero-order chi connectivity index (χ0) is 12.5. The molecule has 0 N–H and O–H groups in total. The summed E-state index contributed by atoms with van der Waals surface area (Å²) in [7, 11) is 0. The fourth-order valence-electron chi connectivity index (χ4n) is 0.867. The minimum absolute atomic E-state index is 0.0825. The van der Waals surface area contributed by atoms with E-state index in [0.29, 0.717) is 13.0 Å². The molecule has 0 aromatic rings. The van der Waals surface area contributed by atoms with E-state index in [9.17, 15) is 9.59 Å². The van der Waals surface area contributed by atoms with Crippen LogP contribution < -0.4 is 0 Å². The van der Waals surface area contributed by atoms with Crippen LogP contribution in [-0.2, 0) is 23.9 Å². The predicted octanol–water partition coefficient (Wildman–Crippen LogP) is 0.971. The second-order valence-electron chi connectivity index (χ2n) is 3.21. The van der Waals surface area contributed by atoms with Gasteiger partial charge in [-0.2, -0.15) is 9.59 Å². The van der Waals surface area contributed by atoms with Gasteiger partial charge in [0, 0.05) is 6.42 Å². The van der Waals surface area contributed by atoms with Gasteiger partial charge in [0.25, 0.3) is 0 Å². The van der Waals surface area contributed by atoms with Crippen molar-refractivity contribution in [3.8, 4) is 0 Å². The Morgan fingerprint density at radius 3 is 1.87 bits per heavy atom. The summed E-state index contributed by atoms with van der Waals surface area (Å²) in [6.45, 7) is 6.97. The first-order valence-electron chi connectivity index (χ1n) is 4.58. The van der Waals surface area contributed by atoms with Gasteiger partial charge in [-0.05, 0) is 20.8 Å². The van der Waals surface area contributed by atoms with Gasteiger partial charge in [-0.25, -0.2) is 0 Å². The van der Waals surface area contributed by atoms with Crippen molar-refractivity contribution in [3.63, 3.8) is 0 Å². The highest BCUT2D eigenvalue weighted by molar-refractivity contribution is 6.02. The Morgan fingerprint density at radius 1 is 1.20 bits per heavy atom. The molecule has 86 valence electrons. The van der Waals surface area contributed by atoms with Gasteiger partial charge in [-0.1, -0.05) is 6.92 Å². The first-order chi connectivity index (χ1) is 6.88. The monoisotopic (exact) mass is 216 g/mol. The van der Waals surface area contributed by atoms with Gasteiger partial charge in [0.2, 0.25) is 0 Å². The van der Waals surface area contributed by atoms with Gasteiger partial charge >= 0.3 is 12.1 Å². The number of hydrogen-bond donors (Lipinski definition) is 0. The fraction of sp³-hybridized carbons (Fsp3) is 0.700. The average Bonchev–Trinajstić information content (AvgIpc) is 2.18. The molecule has 5 heteroatoms. The third-order valence-electron chi connectivity index (χ3n) is 1.80. The molecule has 5 nitrogen and oxygen atoms in total. The van der Waals surface area contributed by atoms with Crippen molar-refractivity contribution in [2.45, 2.75) is 34.1 Å². The third-order valence-corrected chi connectivity index (χ3v) is 1.80. The Kier molecular flexibility index (Phi) is 8.39. The molecule has 0 radical (unpaired) electrons. The summed E-state index contributed by atoms with van der Waals surface area (Å²) in [6.07, 6.45) is 0.617. The lowest BCUT2D eigenvalue weighted by atomic mass is 9.87. The highest BCUT2D eigenvalue weighted by Crippen LogP contribution is 2.20. The molecule has 0 amide bonds. The molecule has 0 aliphatic carbocycles. The van der Waals surface area contributed by atoms with E-state index in [2.05, 4.69) is 0 Å². The van der Waals surface area contributed by atoms with E-state index < -0.39 is 11.4 Å². The molecule has 0 aromatic heterocycles. The highest BCUT2D eigenvalue weighted by Gasteiger charge is 2.35. The smallest absolute Gasteiger partial charge is 0.373 e. The molecule has 0 unspecified atom stereocenters. The molecule has 0 rings (SSSR count). The van der Waals surface area contributed by atoms with Gasteiger partial charge in [0.05, 0.1) is 6.61 Å². The summed E-state index contributed by atoms with van der Waals surface area (Å²) >= 11 is 0. The number of Topliss-reactive ketones (excluding diaryl/α,β-unsaturated/α-hetero) is 1. The van der Waals surface area contributed by atoms with Crippen molar-refractivity contribution in [2.24, 2.45) is 5.41 Å². The SMILES string of the molecule is CCOC(=O)C(C)(C)C(=O)CC.O=C=O. The van der Waals surface area contributed by atoms with E-state index >= 15 is 0 Å². The Balaban J connectivity index is 0. The molecule has 0 aliphatic rings. The summed E-state index contributed by atoms with van der Waals surface area (Å²) < 4.78 is 4.77. The van der Waals surface area contributed by atoms with Gasteiger partial charge in [-0.3, -0.25) is 9.59 Å². The minimum atomic E-state index is -0.981. The summed E-state index contributed by atoms with van der Waals surface area (Å²) in [6, 6.07) is 0. The van der Waals surface area contributed by atoms with Crippen molar-refractivity contribution in [3.05, 3.63) is 0 Å². The highest BCUT2D eigenvalue weighted by atomic mass is 16.5. The molecule has 0 bridgehead atoms. The first-order valence-corrected chi connectivity index (χ1v) is 4.58. The molecular weight excluding hydrogens is 200 g/mol. The lowest BCUT2D eigenvalue weighted by molar-refractivity contribution is -0.191. The van der Waals surface area contributed by atoms with Crippen LogP contribution in [0.5, 0.6) is 0 Å². The van der Waals surface area contributed by atoms with Gasteiger partial charge in [0.15, 0.2) is 0 Å². The Labute approximate surface area is 88.8 Å². The van der Waals surface area contributed by atoms with Crippen LogP contribution in [0.15, 0.2) is 0 Å². The van der Waals surface area contributed by atoms with Crippen LogP contribution in [0, 0.1) is 5.41 Å². The Morgan fingerprint density at radius 2 is 1.60 bits per heavy atom. The average molecular weight is 216 g/mol. The molecule has 0 aliphatic heterocycles. The van der Waals surface area contributed by atoms with Crippen molar-refractivity contribution in [1.82, 2.24) is 0 Å². The Bertz CT molecular complexity index is 249. The predicted molar refractivity (Wildman–Crippen MR) is 50.7 cm³/mol. The Hall–Kier alpha value is -1.48. The third kappa shape index (κ3) is 5.75. The van der Waals surface area contributed by atoms with Gasteiger partial charge < -0.3 is 4.74 Å². The second-order valence-corrected chi connectivity index (χ2v) is 3.21. The zero-order valence-corrected chi connectivity index (χ0v) is 9.46. The van der Waals surface area contributed by atoms with Crippen molar-refractivity contribution < 1.29 is 23.9 Å².